The number of methoxy groups -OCH3 is 1. The van der Waals surface area contributed by atoms with Crippen molar-refractivity contribution < 1.29 is 22.7 Å². The molecule has 0 aromatic heterocycles. The Bertz CT molecular complexity index is 1090. The van der Waals surface area contributed by atoms with Crippen LogP contribution in [0.1, 0.15) is 24.2 Å². The average Bonchev–Trinajstić information content (AvgIpc) is 2.88. The van der Waals surface area contributed by atoms with E-state index in [1.165, 1.54) is 0 Å². The third-order valence-electron chi connectivity index (χ3n) is 6.18. The normalized spacial score (nSPS) is 16.8. The number of benzene rings is 2. The molecule has 9 heteroatoms. The summed E-state index contributed by atoms with van der Waals surface area (Å²) in [5.41, 5.74) is 0.455. The quantitative estimate of drug-likeness (QED) is 0.539. The Kier molecular flexibility index (Phi) is 8.68. The van der Waals surface area contributed by atoms with Gasteiger partial charge in [-0.2, -0.15) is 0 Å². The van der Waals surface area contributed by atoms with Crippen LogP contribution in [0.25, 0.3) is 0 Å². The molecule has 2 amide bonds. The molecule has 0 saturated carbocycles. The van der Waals surface area contributed by atoms with Crippen molar-refractivity contribution in [2.24, 2.45) is 0 Å². The van der Waals surface area contributed by atoms with Gasteiger partial charge in [-0.3, -0.25) is 14.5 Å². The number of carbonyl (C=O) groups excluding carboxylic acids is 2. The lowest BCUT2D eigenvalue weighted by Gasteiger charge is -2.42. The first kappa shape index (κ1) is 25.7. The fourth-order valence-electron chi connectivity index (χ4n) is 4.16. The minimum atomic E-state index is -3.44. The van der Waals surface area contributed by atoms with Crippen LogP contribution < -0.4 is 4.74 Å². The maximum Gasteiger partial charge on any atom is 0.254 e. The molecule has 1 saturated heterocycles. The summed E-state index contributed by atoms with van der Waals surface area (Å²) in [6, 6.07) is 14.6. The first-order chi connectivity index (χ1) is 16.3. The number of hydrogen-bond donors (Lipinski definition) is 0. The lowest BCUT2D eigenvalue weighted by atomic mass is 10.1. The van der Waals surface area contributed by atoms with Gasteiger partial charge in [0.15, 0.2) is 9.84 Å². The minimum Gasteiger partial charge on any atom is -0.497 e. The van der Waals surface area contributed by atoms with Crippen LogP contribution in [0.15, 0.2) is 59.5 Å². The van der Waals surface area contributed by atoms with Crippen LogP contribution >= 0.6 is 0 Å². The minimum absolute atomic E-state index is 0.0486. The van der Waals surface area contributed by atoms with Crippen molar-refractivity contribution in [3.63, 3.8) is 0 Å². The first-order valence-corrected chi connectivity index (χ1v) is 13.2. The maximum atomic E-state index is 13.4. The summed E-state index contributed by atoms with van der Waals surface area (Å²) in [7, 11) is -1.89. The highest BCUT2D eigenvalue weighted by Crippen LogP contribution is 2.20. The summed E-state index contributed by atoms with van der Waals surface area (Å²) in [5.74, 6) is 0.160. The van der Waals surface area contributed by atoms with Crippen molar-refractivity contribution in [1.82, 2.24) is 14.7 Å². The molecule has 1 fully saturated rings. The molecule has 1 heterocycles. The van der Waals surface area contributed by atoms with Crippen molar-refractivity contribution in [1.29, 1.82) is 0 Å². The van der Waals surface area contributed by atoms with Crippen molar-refractivity contribution in [2.75, 3.05) is 52.1 Å². The molecule has 8 nitrogen and oxygen atoms in total. The lowest BCUT2D eigenvalue weighted by Crippen LogP contribution is -2.61. The molecule has 1 unspecified atom stereocenters. The summed E-state index contributed by atoms with van der Waals surface area (Å²) >= 11 is 0. The highest BCUT2D eigenvalue weighted by Gasteiger charge is 2.37. The Morgan fingerprint density at radius 1 is 1.03 bits per heavy atom. The molecule has 34 heavy (non-hydrogen) atoms. The molecule has 0 bridgehead atoms. The van der Waals surface area contributed by atoms with Gasteiger partial charge in [-0.25, -0.2) is 8.42 Å². The van der Waals surface area contributed by atoms with Crippen LogP contribution in [0, 0.1) is 0 Å². The zero-order valence-corrected chi connectivity index (χ0v) is 20.8. The Hall–Kier alpha value is -2.91. The number of carbonyl (C=O) groups is 2. The van der Waals surface area contributed by atoms with Gasteiger partial charge in [-0.15, -0.1) is 0 Å². The van der Waals surface area contributed by atoms with Crippen molar-refractivity contribution >= 4 is 21.7 Å². The smallest absolute Gasteiger partial charge is 0.254 e. The molecule has 0 spiro atoms. The Balaban J connectivity index is 1.78. The molecule has 2 aromatic carbocycles. The summed E-state index contributed by atoms with van der Waals surface area (Å²) in [4.78, 5) is 32.3. The van der Waals surface area contributed by atoms with E-state index < -0.39 is 15.9 Å². The maximum absolute atomic E-state index is 13.4. The molecule has 1 atom stereocenters. The highest BCUT2D eigenvalue weighted by molar-refractivity contribution is 7.91. The lowest BCUT2D eigenvalue weighted by molar-refractivity contribution is -0.137. The molecule has 0 radical (unpaired) electrons. The van der Waals surface area contributed by atoms with E-state index in [4.69, 9.17) is 4.74 Å². The zero-order chi connectivity index (χ0) is 24.7. The molecule has 0 N–H and O–H groups in total. The van der Waals surface area contributed by atoms with E-state index in [-0.39, 0.29) is 29.0 Å². The second-order valence-electron chi connectivity index (χ2n) is 8.19. The number of ether oxygens (including phenoxy) is 1. The number of sulfone groups is 1. The SMILES string of the molecule is CCN(CC)C(=O)C1CN(CCS(=O)(=O)c2ccccc2)CCN1C(=O)c1cccc(OC)c1. The summed E-state index contributed by atoms with van der Waals surface area (Å²) in [6.07, 6.45) is 0. The van der Waals surface area contributed by atoms with E-state index in [1.807, 2.05) is 18.7 Å². The van der Waals surface area contributed by atoms with Gasteiger partial charge >= 0.3 is 0 Å². The van der Waals surface area contributed by atoms with E-state index in [0.29, 0.717) is 44.0 Å². The average molecular weight is 488 g/mol. The van der Waals surface area contributed by atoms with Gasteiger partial charge in [0.25, 0.3) is 5.91 Å². The van der Waals surface area contributed by atoms with E-state index >= 15 is 0 Å². The topological polar surface area (TPSA) is 87.2 Å². The molecule has 184 valence electrons. The number of rotatable bonds is 9. The van der Waals surface area contributed by atoms with E-state index in [1.54, 1.807) is 71.5 Å². The van der Waals surface area contributed by atoms with Crippen LogP contribution in [0.4, 0.5) is 0 Å². The molecule has 0 aliphatic carbocycles. The largest absolute Gasteiger partial charge is 0.497 e. The second kappa shape index (κ2) is 11.5. The third-order valence-corrected chi connectivity index (χ3v) is 7.89. The molecule has 1 aliphatic heterocycles. The predicted octanol–water partition coefficient (Wildman–Crippen LogP) is 2.16. The van der Waals surface area contributed by atoms with Gasteiger partial charge in [0.2, 0.25) is 5.91 Å². The van der Waals surface area contributed by atoms with E-state index in [9.17, 15) is 18.0 Å². The van der Waals surface area contributed by atoms with Crippen LogP contribution in [0.5, 0.6) is 5.75 Å². The van der Waals surface area contributed by atoms with Crippen molar-refractivity contribution in [3.8, 4) is 5.75 Å². The van der Waals surface area contributed by atoms with Crippen LogP contribution in [0.2, 0.25) is 0 Å². The second-order valence-corrected chi connectivity index (χ2v) is 10.3. The molecule has 1 aliphatic rings. The van der Waals surface area contributed by atoms with Gasteiger partial charge in [0.05, 0.1) is 17.8 Å². The summed E-state index contributed by atoms with van der Waals surface area (Å²) < 4.78 is 30.7. The fraction of sp³-hybridized carbons (Fsp3) is 0.440. The number of hydrogen-bond acceptors (Lipinski definition) is 6. The molecule has 2 aromatic rings. The Morgan fingerprint density at radius 2 is 1.74 bits per heavy atom. The van der Waals surface area contributed by atoms with Gasteiger partial charge in [0, 0.05) is 44.8 Å². The summed E-state index contributed by atoms with van der Waals surface area (Å²) in [5, 5.41) is 0. The molecular weight excluding hydrogens is 454 g/mol. The van der Waals surface area contributed by atoms with Crippen LogP contribution in [-0.4, -0.2) is 93.1 Å². The van der Waals surface area contributed by atoms with Gasteiger partial charge in [-0.05, 0) is 44.2 Å². The van der Waals surface area contributed by atoms with E-state index in [2.05, 4.69) is 0 Å². The van der Waals surface area contributed by atoms with Gasteiger partial charge in [-0.1, -0.05) is 24.3 Å². The number of likely N-dealkylation sites (N-methyl/N-ethyl adjacent to an activating group) is 1. The highest BCUT2D eigenvalue weighted by atomic mass is 32.2. The predicted molar refractivity (Wildman–Crippen MR) is 131 cm³/mol. The van der Waals surface area contributed by atoms with Crippen molar-refractivity contribution in [3.05, 3.63) is 60.2 Å². The standard InChI is InChI=1S/C25H33N3O5S/c1-4-27(5-2)25(30)23-19-26(16-17-34(31,32)22-12-7-6-8-13-22)14-15-28(23)24(29)20-10-9-11-21(18-20)33-3/h6-13,18,23H,4-5,14-17,19H2,1-3H3. The van der Waals surface area contributed by atoms with E-state index in [0.717, 1.165) is 0 Å². The van der Waals surface area contributed by atoms with Crippen LogP contribution in [-0.2, 0) is 14.6 Å². The van der Waals surface area contributed by atoms with Gasteiger partial charge in [0.1, 0.15) is 11.8 Å². The third kappa shape index (κ3) is 5.95. The monoisotopic (exact) mass is 487 g/mol. The number of piperazine rings is 1. The zero-order valence-electron chi connectivity index (χ0n) is 20.0. The first-order valence-electron chi connectivity index (χ1n) is 11.5. The fourth-order valence-corrected chi connectivity index (χ4v) is 5.47. The Labute approximate surface area is 202 Å². The summed E-state index contributed by atoms with van der Waals surface area (Å²) in [6.45, 7) is 6.28. The van der Waals surface area contributed by atoms with Gasteiger partial charge < -0.3 is 14.5 Å². The molecule has 3 rings (SSSR count). The van der Waals surface area contributed by atoms with Crippen LogP contribution in [0.3, 0.4) is 0 Å². The Morgan fingerprint density at radius 3 is 2.38 bits per heavy atom. The number of amides is 2. The number of nitrogens with zero attached hydrogens (tertiary/aromatic N) is 3. The van der Waals surface area contributed by atoms with Crippen molar-refractivity contribution in [2.45, 2.75) is 24.8 Å². The molecular formula is C25H33N3O5S.